The van der Waals surface area contributed by atoms with E-state index in [9.17, 15) is 4.57 Å². The molecule has 1 atom stereocenters. The maximum Gasteiger partial charge on any atom is 0.356 e. The van der Waals surface area contributed by atoms with Crippen molar-refractivity contribution in [2.45, 2.75) is 40.0 Å². The third-order valence-corrected chi connectivity index (χ3v) is 4.79. The molecule has 0 aromatic carbocycles. The summed E-state index contributed by atoms with van der Waals surface area (Å²) in [7, 11) is -2.97. The maximum absolute atomic E-state index is 12.4. The van der Waals surface area contributed by atoms with Gasteiger partial charge in [0.05, 0.1) is 13.2 Å². The Bertz CT molecular complexity index is 263. The van der Waals surface area contributed by atoms with E-state index in [4.69, 9.17) is 9.05 Å². The van der Waals surface area contributed by atoms with Crippen molar-refractivity contribution >= 4 is 7.60 Å². The quantitative estimate of drug-likeness (QED) is 0.673. The predicted molar refractivity (Wildman–Crippen MR) is 62.0 cm³/mol. The van der Waals surface area contributed by atoms with Crippen molar-refractivity contribution in [1.82, 2.24) is 0 Å². The van der Waals surface area contributed by atoms with Gasteiger partial charge in [-0.05, 0) is 39.0 Å². The van der Waals surface area contributed by atoms with E-state index in [1.54, 1.807) is 0 Å². The number of hydrogen-bond acceptors (Lipinski definition) is 3. The lowest BCUT2D eigenvalue weighted by Crippen LogP contribution is -2.05. The molecule has 4 heteroatoms. The molecule has 0 bridgehead atoms. The molecule has 1 aliphatic rings. The first kappa shape index (κ1) is 13.0. The third kappa shape index (κ3) is 3.44. The average molecular weight is 232 g/mol. The van der Waals surface area contributed by atoms with Crippen LogP contribution in [0.25, 0.3) is 0 Å². The highest BCUT2D eigenvalue weighted by molar-refractivity contribution is 7.58. The Hall–Kier alpha value is -0.110. The molecular formula is C11H21O3P. The fourth-order valence-corrected chi connectivity index (χ4v) is 3.83. The topological polar surface area (TPSA) is 35.5 Å². The molecule has 15 heavy (non-hydrogen) atoms. The molecule has 0 saturated heterocycles. The molecule has 0 amide bonds. The second kappa shape index (κ2) is 5.83. The van der Waals surface area contributed by atoms with Crippen molar-refractivity contribution in [1.29, 1.82) is 0 Å². The second-order valence-electron chi connectivity index (χ2n) is 3.86. The van der Waals surface area contributed by atoms with Gasteiger partial charge in [0.2, 0.25) is 0 Å². The zero-order valence-electron chi connectivity index (χ0n) is 9.86. The SMILES string of the molecule is CCOP(=O)(OCC)C1=CC(C)CCC1. The van der Waals surface area contributed by atoms with Crippen LogP contribution in [0.15, 0.2) is 11.4 Å². The van der Waals surface area contributed by atoms with Gasteiger partial charge in [-0.15, -0.1) is 0 Å². The predicted octanol–water partition coefficient (Wildman–Crippen LogP) is 3.96. The molecule has 1 unspecified atom stereocenters. The molecule has 1 rings (SSSR count). The molecule has 1 aliphatic carbocycles. The Kier molecular flexibility index (Phi) is 5.04. The van der Waals surface area contributed by atoms with Gasteiger partial charge in [-0.2, -0.15) is 0 Å². The molecule has 0 aliphatic heterocycles. The van der Waals surface area contributed by atoms with E-state index >= 15 is 0 Å². The highest BCUT2D eigenvalue weighted by Crippen LogP contribution is 2.59. The third-order valence-electron chi connectivity index (χ3n) is 2.52. The van der Waals surface area contributed by atoms with Gasteiger partial charge < -0.3 is 9.05 Å². The van der Waals surface area contributed by atoms with Gasteiger partial charge in [-0.3, -0.25) is 4.57 Å². The highest BCUT2D eigenvalue weighted by atomic mass is 31.2. The van der Waals surface area contributed by atoms with Crippen LogP contribution >= 0.6 is 7.60 Å². The summed E-state index contributed by atoms with van der Waals surface area (Å²) in [6.45, 7) is 6.70. The molecule has 0 saturated carbocycles. The van der Waals surface area contributed by atoms with Crippen LogP contribution < -0.4 is 0 Å². The molecule has 0 radical (unpaired) electrons. The van der Waals surface area contributed by atoms with E-state index in [1.807, 2.05) is 13.8 Å². The van der Waals surface area contributed by atoms with E-state index in [-0.39, 0.29) is 0 Å². The number of allylic oxidation sites excluding steroid dienone is 2. The van der Waals surface area contributed by atoms with Gasteiger partial charge in [0.25, 0.3) is 0 Å². The van der Waals surface area contributed by atoms with Crippen molar-refractivity contribution in [3.63, 3.8) is 0 Å². The van der Waals surface area contributed by atoms with Gasteiger partial charge in [0.1, 0.15) is 0 Å². The van der Waals surface area contributed by atoms with E-state index in [2.05, 4.69) is 13.0 Å². The first-order valence-corrected chi connectivity index (χ1v) is 7.27. The Morgan fingerprint density at radius 3 is 2.47 bits per heavy atom. The van der Waals surface area contributed by atoms with Crippen LogP contribution in [0.3, 0.4) is 0 Å². The molecule has 0 aromatic rings. The lowest BCUT2D eigenvalue weighted by Gasteiger charge is -2.24. The van der Waals surface area contributed by atoms with Gasteiger partial charge in [0, 0.05) is 5.31 Å². The Morgan fingerprint density at radius 1 is 1.40 bits per heavy atom. The summed E-state index contributed by atoms with van der Waals surface area (Å²) in [6.07, 6.45) is 5.16. The fraction of sp³-hybridized carbons (Fsp3) is 0.818. The Balaban J connectivity index is 2.83. The standard InChI is InChI=1S/C11H21O3P/c1-4-13-15(12,14-5-2)11-8-6-7-10(3)9-11/h9-10H,4-8H2,1-3H3. The first-order valence-electron chi connectivity index (χ1n) is 5.72. The van der Waals surface area contributed by atoms with Crippen molar-refractivity contribution in [3.8, 4) is 0 Å². The normalized spacial score (nSPS) is 22.6. The van der Waals surface area contributed by atoms with Crippen LogP contribution in [0.1, 0.15) is 40.0 Å². The molecular weight excluding hydrogens is 211 g/mol. The monoisotopic (exact) mass is 232 g/mol. The van der Waals surface area contributed by atoms with Crippen molar-refractivity contribution in [2.24, 2.45) is 5.92 Å². The summed E-state index contributed by atoms with van der Waals surface area (Å²) in [4.78, 5) is 0. The smallest absolute Gasteiger partial charge is 0.306 e. The van der Waals surface area contributed by atoms with E-state index < -0.39 is 7.60 Å². The van der Waals surface area contributed by atoms with Gasteiger partial charge in [0.15, 0.2) is 0 Å². The van der Waals surface area contributed by atoms with E-state index in [0.717, 1.165) is 18.2 Å². The minimum Gasteiger partial charge on any atom is -0.306 e. The average Bonchev–Trinajstić information content (AvgIpc) is 2.18. The number of hydrogen-bond donors (Lipinski definition) is 0. The van der Waals surface area contributed by atoms with Crippen LogP contribution in [0.2, 0.25) is 0 Å². The lowest BCUT2D eigenvalue weighted by atomic mass is 9.98. The van der Waals surface area contributed by atoms with Gasteiger partial charge in [-0.1, -0.05) is 13.0 Å². The van der Waals surface area contributed by atoms with Crippen LogP contribution in [-0.2, 0) is 13.6 Å². The zero-order valence-corrected chi connectivity index (χ0v) is 10.8. The maximum atomic E-state index is 12.4. The fourth-order valence-electron chi connectivity index (χ4n) is 1.87. The van der Waals surface area contributed by atoms with Crippen LogP contribution in [-0.4, -0.2) is 13.2 Å². The molecule has 0 spiro atoms. The van der Waals surface area contributed by atoms with E-state index in [0.29, 0.717) is 19.1 Å². The largest absolute Gasteiger partial charge is 0.356 e. The summed E-state index contributed by atoms with van der Waals surface area (Å²) in [6, 6.07) is 0. The van der Waals surface area contributed by atoms with Crippen molar-refractivity contribution < 1.29 is 13.6 Å². The number of rotatable bonds is 5. The first-order chi connectivity index (χ1) is 7.12. The zero-order chi connectivity index (χ0) is 11.3. The Morgan fingerprint density at radius 2 is 2.00 bits per heavy atom. The van der Waals surface area contributed by atoms with Crippen LogP contribution in [0.4, 0.5) is 0 Å². The second-order valence-corrected chi connectivity index (χ2v) is 5.95. The molecule has 3 nitrogen and oxygen atoms in total. The lowest BCUT2D eigenvalue weighted by molar-refractivity contribution is 0.224. The van der Waals surface area contributed by atoms with Gasteiger partial charge >= 0.3 is 7.60 Å². The molecule has 0 N–H and O–H groups in total. The summed E-state index contributed by atoms with van der Waals surface area (Å²) in [5.41, 5.74) is 0. The Labute approximate surface area is 92.4 Å². The van der Waals surface area contributed by atoms with Crippen molar-refractivity contribution in [2.75, 3.05) is 13.2 Å². The van der Waals surface area contributed by atoms with E-state index in [1.165, 1.54) is 6.42 Å². The van der Waals surface area contributed by atoms with Gasteiger partial charge in [-0.25, -0.2) is 0 Å². The van der Waals surface area contributed by atoms with Crippen LogP contribution in [0, 0.1) is 5.92 Å². The van der Waals surface area contributed by atoms with Crippen molar-refractivity contribution in [3.05, 3.63) is 11.4 Å². The molecule has 0 aromatic heterocycles. The molecule has 0 heterocycles. The summed E-state index contributed by atoms with van der Waals surface area (Å²) >= 11 is 0. The molecule has 0 fully saturated rings. The minimum atomic E-state index is -2.97. The summed E-state index contributed by atoms with van der Waals surface area (Å²) in [5.74, 6) is 0.489. The highest BCUT2D eigenvalue weighted by Gasteiger charge is 2.30. The minimum absolute atomic E-state index is 0.434. The molecule has 88 valence electrons. The summed E-state index contributed by atoms with van der Waals surface area (Å²) < 4.78 is 23.0. The van der Waals surface area contributed by atoms with Crippen LogP contribution in [0.5, 0.6) is 0 Å². The summed E-state index contributed by atoms with van der Waals surface area (Å²) in [5, 5.41) is 0.880.